The van der Waals surface area contributed by atoms with Gasteiger partial charge >= 0.3 is 0 Å². The van der Waals surface area contributed by atoms with Crippen LogP contribution in [-0.2, 0) is 6.61 Å². The van der Waals surface area contributed by atoms with Crippen molar-refractivity contribution in [1.82, 2.24) is 14.6 Å². The summed E-state index contributed by atoms with van der Waals surface area (Å²) in [5.74, 6) is 1.82. The number of nitrogens with zero attached hydrogens (tertiary/aromatic N) is 4. The molecule has 0 aliphatic rings. The van der Waals surface area contributed by atoms with Crippen LogP contribution in [0.2, 0.25) is 0 Å². The molecule has 4 aromatic rings. The Hall–Kier alpha value is -3.87. The van der Waals surface area contributed by atoms with Gasteiger partial charge in [0.1, 0.15) is 23.6 Å². The number of aryl methyl sites for hydroxylation is 1. The van der Waals surface area contributed by atoms with Crippen LogP contribution in [0.5, 0.6) is 11.5 Å². The summed E-state index contributed by atoms with van der Waals surface area (Å²) in [6, 6.07) is 15.6. The quantitative estimate of drug-likeness (QED) is 0.509. The number of rotatable bonds is 6. The van der Waals surface area contributed by atoms with Gasteiger partial charge in [0, 0.05) is 17.1 Å². The van der Waals surface area contributed by atoms with Gasteiger partial charge in [-0.2, -0.15) is 5.10 Å². The van der Waals surface area contributed by atoms with Gasteiger partial charge in [0.25, 0.3) is 0 Å². The average Bonchev–Trinajstić information content (AvgIpc) is 3.07. The number of fused-ring (bicyclic) bond motifs is 1. The van der Waals surface area contributed by atoms with E-state index < -0.39 is 0 Å². The number of hydrogen-bond donors (Lipinski definition) is 1. The zero-order chi connectivity index (χ0) is 20.2. The molecule has 29 heavy (non-hydrogen) atoms. The number of methoxy groups -OCH3 is 1. The van der Waals surface area contributed by atoms with Crippen molar-refractivity contribution in [3.05, 3.63) is 77.7 Å². The number of imidazole rings is 1. The lowest BCUT2D eigenvalue weighted by Gasteiger charge is -2.12. The molecule has 2 N–H and O–H groups in total. The molecule has 7 nitrogen and oxygen atoms in total. The summed E-state index contributed by atoms with van der Waals surface area (Å²) in [4.78, 5) is 8.57. The molecule has 0 bridgehead atoms. The first-order chi connectivity index (χ1) is 14.1. The molecule has 0 fully saturated rings. The third-order valence-electron chi connectivity index (χ3n) is 4.45. The largest absolute Gasteiger partial charge is 0.496 e. The SMILES string of the molecule is COc1ccc(C=Nn2cc(C)nc2N)cc1COc1cccc2cccnc12. The number of aromatic nitrogens is 3. The van der Waals surface area contributed by atoms with Gasteiger partial charge in [-0.05, 0) is 42.8 Å². The number of hydrogen-bond acceptors (Lipinski definition) is 6. The number of benzene rings is 2. The topological polar surface area (TPSA) is 87.5 Å². The van der Waals surface area contributed by atoms with Gasteiger partial charge in [-0.25, -0.2) is 9.66 Å². The highest BCUT2D eigenvalue weighted by atomic mass is 16.5. The molecule has 146 valence electrons. The molecule has 7 heteroatoms. The van der Waals surface area contributed by atoms with Crippen LogP contribution >= 0.6 is 0 Å². The Labute approximate surface area is 168 Å². The molecular weight excluding hydrogens is 366 g/mol. The summed E-state index contributed by atoms with van der Waals surface area (Å²) in [7, 11) is 1.64. The molecule has 0 aliphatic heterocycles. The van der Waals surface area contributed by atoms with Crippen LogP contribution in [0.4, 0.5) is 5.95 Å². The van der Waals surface area contributed by atoms with Gasteiger partial charge in [-0.3, -0.25) is 4.98 Å². The monoisotopic (exact) mass is 387 g/mol. The second kappa shape index (κ2) is 8.02. The van der Waals surface area contributed by atoms with E-state index >= 15 is 0 Å². The van der Waals surface area contributed by atoms with E-state index in [2.05, 4.69) is 15.1 Å². The first-order valence-electron chi connectivity index (χ1n) is 9.13. The van der Waals surface area contributed by atoms with Crippen molar-refractivity contribution in [2.24, 2.45) is 5.10 Å². The second-order valence-corrected chi connectivity index (χ2v) is 6.52. The third kappa shape index (κ3) is 4.03. The van der Waals surface area contributed by atoms with Gasteiger partial charge in [-0.15, -0.1) is 0 Å². The van der Waals surface area contributed by atoms with Crippen LogP contribution in [0.15, 0.2) is 66.0 Å². The fourth-order valence-electron chi connectivity index (χ4n) is 3.07. The molecule has 2 heterocycles. The number of anilines is 1. The van der Waals surface area contributed by atoms with E-state index in [1.54, 1.807) is 25.7 Å². The number of nitrogen functional groups attached to an aromatic ring is 1. The molecule has 0 unspecified atom stereocenters. The van der Waals surface area contributed by atoms with E-state index in [-0.39, 0.29) is 0 Å². The molecule has 0 spiro atoms. The Morgan fingerprint density at radius 1 is 1.14 bits per heavy atom. The van der Waals surface area contributed by atoms with Crippen molar-refractivity contribution in [3.63, 3.8) is 0 Å². The summed E-state index contributed by atoms with van der Waals surface area (Å²) in [6.45, 7) is 2.21. The minimum Gasteiger partial charge on any atom is -0.496 e. The fraction of sp³-hybridized carbons (Fsp3) is 0.136. The molecule has 0 radical (unpaired) electrons. The van der Waals surface area contributed by atoms with Crippen molar-refractivity contribution >= 4 is 23.1 Å². The highest BCUT2D eigenvalue weighted by molar-refractivity contribution is 5.84. The number of nitrogens with two attached hydrogens (primary N) is 1. The van der Waals surface area contributed by atoms with Crippen molar-refractivity contribution in [2.45, 2.75) is 13.5 Å². The molecule has 2 aromatic heterocycles. The first kappa shape index (κ1) is 18.5. The van der Waals surface area contributed by atoms with Crippen molar-refractivity contribution in [2.75, 3.05) is 12.8 Å². The van der Waals surface area contributed by atoms with E-state index in [4.69, 9.17) is 15.2 Å². The molecule has 0 amide bonds. The van der Waals surface area contributed by atoms with Crippen molar-refractivity contribution in [1.29, 1.82) is 0 Å². The molecule has 0 aliphatic carbocycles. The van der Waals surface area contributed by atoms with Gasteiger partial charge in [-0.1, -0.05) is 18.2 Å². The fourth-order valence-corrected chi connectivity index (χ4v) is 3.07. The lowest BCUT2D eigenvalue weighted by molar-refractivity contribution is 0.299. The normalized spacial score (nSPS) is 11.2. The Balaban J connectivity index is 1.58. The summed E-state index contributed by atoms with van der Waals surface area (Å²) < 4.78 is 13.1. The Morgan fingerprint density at radius 2 is 2.00 bits per heavy atom. The minimum atomic E-state index is 0.340. The minimum absolute atomic E-state index is 0.340. The van der Waals surface area contributed by atoms with Gasteiger partial charge in [0.05, 0.1) is 25.2 Å². The van der Waals surface area contributed by atoms with Crippen LogP contribution in [0.25, 0.3) is 10.9 Å². The predicted molar refractivity (Wildman–Crippen MR) is 113 cm³/mol. The maximum atomic E-state index is 6.07. The standard InChI is InChI=1S/C22H21N5O2/c1-15-13-27(22(23)26-15)25-12-16-8-9-19(28-2)18(11-16)14-29-20-7-3-5-17-6-4-10-24-21(17)20/h3-13H,14H2,1-2H3,(H2,23,26). The highest BCUT2D eigenvalue weighted by Gasteiger charge is 2.08. The van der Waals surface area contributed by atoms with Crippen LogP contribution in [0, 0.1) is 6.92 Å². The summed E-state index contributed by atoms with van der Waals surface area (Å²) >= 11 is 0. The molecule has 0 saturated heterocycles. The van der Waals surface area contributed by atoms with Gasteiger partial charge in [0.15, 0.2) is 0 Å². The zero-order valence-electron chi connectivity index (χ0n) is 16.2. The molecule has 2 aromatic carbocycles. The van der Waals surface area contributed by atoms with E-state index in [0.717, 1.165) is 39.2 Å². The zero-order valence-corrected chi connectivity index (χ0v) is 16.2. The predicted octanol–water partition coefficient (Wildman–Crippen LogP) is 3.79. The summed E-state index contributed by atoms with van der Waals surface area (Å²) in [5.41, 5.74) is 9.27. The van der Waals surface area contributed by atoms with Crippen LogP contribution in [-0.4, -0.2) is 28.0 Å². The van der Waals surface area contributed by atoms with Gasteiger partial charge in [0.2, 0.25) is 5.95 Å². The third-order valence-corrected chi connectivity index (χ3v) is 4.45. The maximum Gasteiger partial charge on any atom is 0.221 e. The Kier molecular flexibility index (Phi) is 5.11. The number of ether oxygens (including phenoxy) is 2. The first-order valence-corrected chi connectivity index (χ1v) is 9.13. The lowest BCUT2D eigenvalue weighted by atomic mass is 10.1. The summed E-state index contributed by atoms with van der Waals surface area (Å²) in [6.07, 6.45) is 5.25. The van der Waals surface area contributed by atoms with Crippen LogP contribution < -0.4 is 15.2 Å². The highest BCUT2D eigenvalue weighted by Crippen LogP contribution is 2.26. The van der Waals surface area contributed by atoms with Crippen LogP contribution in [0.3, 0.4) is 0 Å². The van der Waals surface area contributed by atoms with Crippen molar-refractivity contribution < 1.29 is 9.47 Å². The van der Waals surface area contributed by atoms with E-state index in [0.29, 0.717) is 12.6 Å². The number of pyridine rings is 1. The summed E-state index contributed by atoms with van der Waals surface area (Å²) in [5, 5.41) is 5.40. The average molecular weight is 387 g/mol. The molecular formula is C22H21N5O2. The van der Waals surface area contributed by atoms with E-state index in [9.17, 15) is 0 Å². The second-order valence-electron chi connectivity index (χ2n) is 6.52. The molecule has 4 rings (SSSR count). The van der Waals surface area contributed by atoms with Gasteiger partial charge < -0.3 is 15.2 Å². The number of para-hydroxylation sites is 1. The maximum absolute atomic E-state index is 6.07. The molecule has 0 saturated carbocycles. The Morgan fingerprint density at radius 3 is 2.79 bits per heavy atom. The van der Waals surface area contributed by atoms with E-state index in [1.807, 2.05) is 55.5 Å². The smallest absolute Gasteiger partial charge is 0.221 e. The van der Waals surface area contributed by atoms with Crippen LogP contribution in [0.1, 0.15) is 16.8 Å². The van der Waals surface area contributed by atoms with Crippen molar-refractivity contribution in [3.8, 4) is 11.5 Å². The lowest BCUT2D eigenvalue weighted by Crippen LogP contribution is -2.01. The Bertz CT molecular complexity index is 1180. The van der Waals surface area contributed by atoms with E-state index in [1.165, 1.54) is 4.68 Å². The molecule has 0 atom stereocenters.